The fourth-order valence-corrected chi connectivity index (χ4v) is 3.39. The van der Waals surface area contributed by atoms with E-state index < -0.39 is 0 Å². The van der Waals surface area contributed by atoms with E-state index in [4.69, 9.17) is 4.74 Å². The number of ether oxygens (including phenoxy) is 1. The number of fused-ring (bicyclic) bond motifs is 1. The molecule has 4 amide bonds. The molecule has 4 rings (SSSR count). The SMILES string of the molecule is CCNC(=O)n1ccc2cc(Oc3ccnc(NC(=O)N4CCCC4)c3)ccc21.CN(C)C=O. The molecule has 0 aliphatic carbocycles. The van der Waals surface area contributed by atoms with Crippen molar-refractivity contribution in [3.05, 3.63) is 48.8 Å². The molecule has 1 aromatic carbocycles. The number of carbonyl (C=O) groups is 3. The van der Waals surface area contributed by atoms with Crippen molar-refractivity contribution < 1.29 is 19.1 Å². The summed E-state index contributed by atoms with van der Waals surface area (Å²) in [7, 11) is 3.38. The van der Waals surface area contributed by atoms with Crippen molar-refractivity contribution in [3.63, 3.8) is 0 Å². The van der Waals surface area contributed by atoms with E-state index in [1.165, 1.54) is 4.90 Å². The number of rotatable bonds is 5. The quantitative estimate of drug-likeness (QED) is 0.557. The molecule has 10 nitrogen and oxygen atoms in total. The van der Waals surface area contributed by atoms with Crippen LogP contribution in [0.4, 0.5) is 15.4 Å². The van der Waals surface area contributed by atoms with Gasteiger partial charge in [0, 0.05) is 57.6 Å². The summed E-state index contributed by atoms with van der Waals surface area (Å²) in [4.78, 5) is 41.2. The number of carbonyl (C=O) groups excluding carboxylic acids is 3. The average molecular weight is 467 g/mol. The second-order valence-electron chi connectivity index (χ2n) is 7.91. The highest BCUT2D eigenvalue weighted by Gasteiger charge is 2.18. The van der Waals surface area contributed by atoms with Gasteiger partial charge in [0.05, 0.1) is 5.52 Å². The lowest BCUT2D eigenvalue weighted by Crippen LogP contribution is -2.32. The molecular formula is C24H30N6O4. The van der Waals surface area contributed by atoms with E-state index in [1.54, 1.807) is 54.2 Å². The molecule has 0 saturated carbocycles. The van der Waals surface area contributed by atoms with Crippen molar-refractivity contribution in [3.8, 4) is 11.5 Å². The molecule has 0 unspecified atom stereocenters. The Morgan fingerprint density at radius 3 is 2.47 bits per heavy atom. The molecule has 2 aromatic heterocycles. The number of pyridine rings is 1. The van der Waals surface area contributed by atoms with Crippen LogP contribution in [-0.2, 0) is 4.79 Å². The second-order valence-corrected chi connectivity index (χ2v) is 7.91. The third-order valence-corrected chi connectivity index (χ3v) is 5.01. The molecule has 0 bridgehead atoms. The number of likely N-dealkylation sites (tertiary alicyclic amines) is 1. The number of hydrogen-bond donors (Lipinski definition) is 2. The van der Waals surface area contributed by atoms with Gasteiger partial charge >= 0.3 is 12.1 Å². The minimum atomic E-state index is -0.163. The number of nitrogens with one attached hydrogen (secondary N) is 2. The van der Waals surface area contributed by atoms with Gasteiger partial charge in [-0.25, -0.2) is 14.6 Å². The van der Waals surface area contributed by atoms with Gasteiger partial charge < -0.3 is 19.9 Å². The molecule has 2 N–H and O–H groups in total. The first kappa shape index (κ1) is 24.6. The molecule has 10 heteroatoms. The second kappa shape index (κ2) is 11.7. The van der Waals surface area contributed by atoms with Crippen LogP contribution in [0.1, 0.15) is 19.8 Å². The molecule has 3 aromatic rings. The smallest absolute Gasteiger partial charge is 0.326 e. The minimum absolute atomic E-state index is 0.139. The van der Waals surface area contributed by atoms with Crippen molar-refractivity contribution in [2.45, 2.75) is 19.8 Å². The number of nitrogens with zero attached hydrogens (tertiary/aromatic N) is 4. The summed E-state index contributed by atoms with van der Waals surface area (Å²) >= 11 is 0. The Balaban J connectivity index is 0.000000588. The van der Waals surface area contributed by atoms with Crippen LogP contribution in [0.3, 0.4) is 0 Å². The monoisotopic (exact) mass is 466 g/mol. The van der Waals surface area contributed by atoms with Gasteiger partial charge in [0.15, 0.2) is 0 Å². The first-order chi connectivity index (χ1) is 16.4. The van der Waals surface area contributed by atoms with Crippen molar-refractivity contribution in [1.29, 1.82) is 0 Å². The standard InChI is InChI=1S/C21H23N5O3.C3H7NO/c1-2-22-20(27)26-12-8-15-13-16(5-6-18(15)26)29-17-7-9-23-19(14-17)24-21(28)25-10-3-4-11-25;1-4(2)3-5/h5-9,12-14H,2-4,10-11H2,1H3,(H,22,27)(H,23,24,28);3H,1-2H3. The van der Waals surface area contributed by atoms with E-state index in [2.05, 4.69) is 15.6 Å². The number of amides is 4. The van der Waals surface area contributed by atoms with Gasteiger partial charge in [-0.3, -0.25) is 14.7 Å². The number of urea groups is 1. The van der Waals surface area contributed by atoms with E-state index >= 15 is 0 Å². The van der Waals surface area contributed by atoms with Crippen molar-refractivity contribution >= 4 is 35.2 Å². The van der Waals surface area contributed by atoms with Crippen molar-refractivity contribution in [1.82, 2.24) is 24.7 Å². The average Bonchev–Trinajstić information content (AvgIpc) is 3.50. The fraction of sp³-hybridized carbons (Fsp3) is 0.333. The summed E-state index contributed by atoms with van der Waals surface area (Å²) in [6.45, 7) is 4.00. The zero-order valence-electron chi connectivity index (χ0n) is 19.7. The van der Waals surface area contributed by atoms with Crippen molar-refractivity contribution in [2.75, 3.05) is 39.0 Å². The third kappa shape index (κ3) is 6.47. The Morgan fingerprint density at radius 1 is 1.09 bits per heavy atom. The third-order valence-electron chi connectivity index (χ3n) is 5.01. The topological polar surface area (TPSA) is 109 Å². The maximum Gasteiger partial charge on any atom is 0.326 e. The number of anilines is 1. The fourth-order valence-electron chi connectivity index (χ4n) is 3.39. The summed E-state index contributed by atoms with van der Waals surface area (Å²) < 4.78 is 7.51. The molecule has 0 atom stereocenters. The number of hydrogen-bond acceptors (Lipinski definition) is 5. The van der Waals surface area contributed by atoms with Crippen LogP contribution in [0.5, 0.6) is 11.5 Å². The Hall–Kier alpha value is -4.08. The van der Waals surface area contributed by atoms with E-state index in [-0.39, 0.29) is 12.1 Å². The minimum Gasteiger partial charge on any atom is -0.457 e. The summed E-state index contributed by atoms with van der Waals surface area (Å²) in [6, 6.07) is 10.5. The largest absolute Gasteiger partial charge is 0.457 e. The van der Waals surface area contributed by atoms with Crippen LogP contribution in [0, 0.1) is 0 Å². The molecule has 180 valence electrons. The van der Waals surface area contributed by atoms with Crippen LogP contribution >= 0.6 is 0 Å². The Morgan fingerprint density at radius 2 is 1.79 bits per heavy atom. The molecule has 1 aliphatic rings. The summed E-state index contributed by atoms with van der Waals surface area (Å²) in [5.74, 6) is 1.65. The molecule has 3 heterocycles. The van der Waals surface area contributed by atoms with Crippen LogP contribution in [0.2, 0.25) is 0 Å². The lowest BCUT2D eigenvalue weighted by molar-refractivity contribution is -0.115. The van der Waals surface area contributed by atoms with Gasteiger partial charge in [0.2, 0.25) is 6.41 Å². The van der Waals surface area contributed by atoms with Gasteiger partial charge in [0.1, 0.15) is 17.3 Å². The first-order valence-electron chi connectivity index (χ1n) is 11.1. The van der Waals surface area contributed by atoms with Crippen LogP contribution in [0.25, 0.3) is 10.9 Å². The van der Waals surface area contributed by atoms with Gasteiger partial charge in [0.25, 0.3) is 0 Å². The zero-order valence-corrected chi connectivity index (χ0v) is 19.7. The number of benzene rings is 1. The van der Waals surface area contributed by atoms with Crippen LogP contribution in [-0.4, -0.2) is 71.6 Å². The van der Waals surface area contributed by atoms with Crippen LogP contribution in [0.15, 0.2) is 48.8 Å². The summed E-state index contributed by atoms with van der Waals surface area (Å²) in [5.41, 5.74) is 0.802. The first-order valence-corrected chi connectivity index (χ1v) is 11.1. The molecule has 34 heavy (non-hydrogen) atoms. The Kier molecular flexibility index (Phi) is 8.44. The van der Waals surface area contributed by atoms with E-state index in [0.29, 0.717) is 23.9 Å². The lowest BCUT2D eigenvalue weighted by atomic mass is 10.2. The molecule has 0 radical (unpaired) electrons. The zero-order chi connectivity index (χ0) is 24.5. The lowest BCUT2D eigenvalue weighted by Gasteiger charge is -2.16. The van der Waals surface area contributed by atoms with Gasteiger partial charge in [-0.05, 0) is 50.1 Å². The molecular weight excluding hydrogens is 436 g/mol. The van der Waals surface area contributed by atoms with Crippen molar-refractivity contribution in [2.24, 2.45) is 0 Å². The van der Waals surface area contributed by atoms with Crippen LogP contribution < -0.4 is 15.4 Å². The molecule has 1 aliphatic heterocycles. The van der Waals surface area contributed by atoms with Gasteiger partial charge in [-0.15, -0.1) is 0 Å². The predicted molar refractivity (Wildman–Crippen MR) is 130 cm³/mol. The predicted octanol–water partition coefficient (Wildman–Crippen LogP) is 3.74. The van der Waals surface area contributed by atoms with E-state index in [9.17, 15) is 14.4 Å². The molecule has 1 fully saturated rings. The van der Waals surface area contributed by atoms with Gasteiger partial charge in [-0.1, -0.05) is 0 Å². The van der Waals surface area contributed by atoms with E-state index in [0.717, 1.165) is 43.2 Å². The number of aromatic nitrogens is 2. The van der Waals surface area contributed by atoms with E-state index in [1.807, 2.05) is 25.1 Å². The highest BCUT2D eigenvalue weighted by atomic mass is 16.5. The summed E-state index contributed by atoms with van der Waals surface area (Å²) in [6.07, 6.45) is 6.15. The summed E-state index contributed by atoms with van der Waals surface area (Å²) in [5, 5.41) is 6.49. The highest BCUT2D eigenvalue weighted by molar-refractivity contribution is 5.92. The maximum atomic E-state index is 12.2. The maximum absolute atomic E-state index is 12.2. The highest BCUT2D eigenvalue weighted by Crippen LogP contribution is 2.27. The Bertz CT molecular complexity index is 1140. The normalized spacial score (nSPS) is 12.5. The Labute approximate surface area is 198 Å². The molecule has 1 saturated heterocycles. The van der Waals surface area contributed by atoms with Gasteiger partial charge in [-0.2, -0.15) is 0 Å². The molecule has 0 spiro atoms.